The summed E-state index contributed by atoms with van der Waals surface area (Å²) in [5.41, 5.74) is 1.74. The molecule has 2 aliphatic rings. The number of benzene rings is 2. The molecule has 2 aliphatic heterocycles. The van der Waals surface area contributed by atoms with Gasteiger partial charge in [0.05, 0.1) is 12.7 Å². The fraction of sp³-hybridized carbons (Fsp3) is 0.280. The molecule has 0 spiro atoms. The van der Waals surface area contributed by atoms with Gasteiger partial charge >= 0.3 is 0 Å². The molecule has 0 aliphatic carbocycles. The monoisotopic (exact) mass is 459 g/mol. The first-order chi connectivity index (χ1) is 16.7. The Kier molecular flexibility index (Phi) is 6.24. The molecule has 0 bridgehead atoms. The zero-order valence-electron chi connectivity index (χ0n) is 18.6. The molecule has 0 saturated carbocycles. The normalized spacial score (nSPS) is 17.7. The van der Waals surface area contributed by atoms with Gasteiger partial charge in [-0.3, -0.25) is 9.59 Å². The topological polar surface area (TPSA) is 89.8 Å². The van der Waals surface area contributed by atoms with Gasteiger partial charge in [-0.2, -0.15) is 0 Å². The molecule has 0 N–H and O–H groups in total. The van der Waals surface area contributed by atoms with Crippen molar-refractivity contribution in [2.24, 2.45) is 0 Å². The van der Waals surface area contributed by atoms with E-state index in [0.717, 1.165) is 5.56 Å². The minimum absolute atomic E-state index is 0.115. The van der Waals surface area contributed by atoms with Crippen molar-refractivity contribution in [2.45, 2.75) is 12.6 Å². The second-order valence-electron chi connectivity index (χ2n) is 8.17. The average molecular weight is 460 g/mol. The number of para-hydroxylation sites is 2. The summed E-state index contributed by atoms with van der Waals surface area (Å²) in [6.45, 7) is 2.62. The maximum Gasteiger partial charge on any atom is 0.267 e. The lowest BCUT2D eigenvalue weighted by molar-refractivity contribution is -0.145. The van der Waals surface area contributed by atoms with E-state index >= 15 is 0 Å². The molecule has 2 amide bonds. The predicted octanol–water partition coefficient (Wildman–Crippen LogP) is 1.85. The van der Waals surface area contributed by atoms with Crippen LogP contribution in [-0.4, -0.2) is 75.5 Å². The van der Waals surface area contributed by atoms with Gasteiger partial charge in [-0.1, -0.05) is 47.7 Å². The third-order valence-corrected chi connectivity index (χ3v) is 5.83. The van der Waals surface area contributed by atoms with E-state index in [0.29, 0.717) is 49.9 Å². The van der Waals surface area contributed by atoms with E-state index in [9.17, 15) is 9.59 Å². The van der Waals surface area contributed by atoms with E-state index < -0.39 is 6.10 Å². The number of piperazine rings is 1. The van der Waals surface area contributed by atoms with Crippen molar-refractivity contribution in [1.29, 1.82) is 0 Å². The number of amides is 2. The number of hydrogen-bond acceptors (Lipinski definition) is 6. The largest absolute Gasteiger partial charge is 0.485 e. The molecule has 1 aromatic heterocycles. The first-order valence-electron chi connectivity index (χ1n) is 11.2. The van der Waals surface area contributed by atoms with Gasteiger partial charge in [-0.25, -0.2) is 4.68 Å². The van der Waals surface area contributed by atoms with Gasteiger partial charge in [0.1, 0.15) is 12.3 Å². The van der Waals surface area contributed by atoms with Crippen LogP contribution >= 0.6 is 0 Å². The summed E-state index contributed by atoms with van der Waals surface area (Å²) in [5, 5.41) is 8.22. The van der Waals surface area contributed by atoms with Crippen molar-refractivity contribution >= 4 is 17.9 Å². The summed E-state index contributed by atoms with van der Waals surface area (Å²) < 4.78 is 13.2. The summed E-state index contributed by atoms with van der Waals surface area (Å²) in [5.74, 6) is 0.990. The van der Waals surface area contributed by atoms with E-state index in [4.69, 9.17) is 9.47 Å². The van der Waals surface area contributed by atoms with Crippen LogP contribution in [0.4, 0.5) is 0 Å². The van der Waals surface area contributed by atoms with E-state index in [2.05, 4.69) is 10.3 Å². The number of aromatic nitrogens is 3. The number of carbonyl (C=O) groups excluding carboxylic acids is 2. The maximum absolute atomic E-state index is 12.9. The SMILES string of the molecule is O=C(/C=C/c1cn(Cc2ccccc2)nn1)N1CCN(C(=O)C2COc3ccccc3O2)CC1. The molecule has 2 aromatic carbocycles. The molecule has 3 heterocycles. The minimum Gasteiger partial charge on any atom is -0.485 e. The Bertz CT molecular complexity index is 1180. The minimum atomic E-state index is -0.671. The molecular formula is C25H25N5O4. The molecule has 3 aromatic rings. The van der Waals surface area contributed by atoms with Crippen LogP contribution in [0.3, 0.4) is 0 Å². The Morgan fingerprint density at radius 2 is 1.65 bits per heavy atom. The number of carbonyl (C=O) groups is 2. The Balaban J connectivity index is 1.11. The van der Waals surface area contributed by atoms with E-state index in [1.165, 1.54) is 6.08 Å². The third-order valence-electron chi connectivity index (χ3n) is 5.83. The standard InChI is InChI=1S/C25H25N5O4/c31-24(11-10-20-17-30(27-26-20)16-19-6-2-1-3-7-19)28-12-14-29(15-13-28)25(32)23-18-33-21-8-4-5-9-22(21)34-23/h1-11,17,23H,12-16,18H2/b11-10+. The Labute approximate surface area is 197 Å². The van der Waals surface area contributed by atoms with Crippen molar-refractivity contribution in [3.05, 3.63) is 78.1 Å². The predicted molar refractivity (Wildman–Crippen MR) is 124 cm³/mol. The summed E-state index contributed by atoms with van der Waals surface area (Å²) >= 11 is 0. The molecule has 1 saturated heterocycles. The summed E-state index contributed by atoms with van der Waals surface area (Å²) in [7, 11) is 0. The highest BCUT2D eigenvalue weighted by atomic mass is 16.6. The molecule has 1 fully saturated rings. The molecule has 0 radical (unpaired) electrons. The Hall–Kier alpha value is -4.14. The van der Waals surface area contributed by atoms with Gasteiger partial charge in [0.2, 0.25) is 12.0 Å². The van der Waals surface area contributed by atoms with Crippen LogP contribution in [0.25, 0.3) is 6.08 Å². The highest BCUT2D eigenvalue weighted by molar-refractivity contribution is 5.91. The van der Waals surface area contributed by atoms with E-state index in [-0.39, 0.29) is 18.4 Å². The van der Waals surface area contributed by atoms with Gasteiger partial charge < -0.3 is 19.3 Å². The molecule has 5 rings (SSSR count). The molecule has 1 unspecified atom stereocenters. The van der Waals surface area contributed by atoms with Gasteiger partial charge in [-0.15, -0.1) is 5.10 Å². The highest BCUT2D eigenvalue weighted by Gasteiger charge is 2.33. The average Bonchev–Trinajstić information content (AvgIpc) is 3.34. The van der Waals surface area contributed by atoms with E-state index in [1.54, 1.807) is 32.8 Å². The van der Waals surface area contributed by atoms with Gasteiger partial charge in [0, 0.05) is 32.3 Å². The maximum atomic E-state index is 12.9. The lowest BCUT2D eigenvalue weighted by Crippen LogP contribution is -2.54. The van der Waals surface area contributed by atoms with Crippen molar-refractivity contribution in [1.82, 2.24) is 24.8 Å². The van der Waals surface area contributed by atoms with Crippen LogP contribution < -0.4 is 9.47 Å². The van der Waals surface area contributed by atoms with Crippen molar-refractivity contribution in [3.8, 4) is 11.5 Å². The summed E-state index contributed by atoms with van der Waals surface area (Å²) in [6.07, 6.45) is 4.30. The van der Waals surface area contributed by atoms with Crippen LogP contribution in [-0.2, 0) is 16.1 Å². The van der Waals surface area contributed by atoms with Gasteiger partial charge in [0.15, 0.2) is 11.5 Å². The number of fused-ring (bicyclic) bond motifs is 1. The fourth-order valence-corrected chi connectivity index (χ4v) is 3.99. The van der Waals surface area contributed by atoms with Gasteiger partial charge in [0.25, 0.3) is 5.91 Å². The summed E-state index contributed by atoms with van der Waals surface area (Å²) in [4.78, 5) is 28.9. The van der Waals surface area contributed by atoms with Crippen molar-refractivity contribution in [2.75, 3.05) is 32.8 Å². The zero-order valence-corrected chi connectivity index (χ0v) is 18.6. The lowest BCUT2D eigenvalue weighted by Gasteiger charge is -2.36. The number of nitrogens with zero attached hydrogens (tertiary/aromatic N) is 5. The number of hydrogen-bond donors (Lipinski definition) is 0. The smallest absolute Gasteiger partial charge is 0.267 e. The Morgan fingerprint density at radius 1 is 0.941 bits per heavy atom. The number of ether oxygens (including phenoxy) is 2. The Morgan fingerprint density at radius 3 is 2.44 bits per heavy atom. The van der Waals surface area contributed by atoms with Crippen LogP contribution in [0, 0.1) is 0 Å². The molecule has 9 heteroatoms. The first-order valence-corrected chi connectivity index (χ1v) is 11.2. The van der Waals surface area contributed by atoms with Crippen LogP contribution in [0.15, 0.2) is 66.9 Å². The molecule has 34 heavy (non-hydrogen) atoms. The molecule has 1 atom stereocenters. The first kappa shape index (κ1) is 21.7. The zero-order chi connectivity index (χ0) is 23.3. The fourth-order valence-electron chi connectivity index (χ4n) is 3.99. The lowest BCUT2D eigenvalue weighted by atomic mass is 10.2. The van der Waals surface area contributed by atoms with Crippen LogP contribution in [0.1, 0.15) is 11.3 Å². The molecular weight excluding hydrogens is 434 g/mol. The van der Waals surface area contributed by atoms with Crippen molar-refractivity contribution in [3.63, 3.8) is 0 Å². The highest BCUT2D eigenvalue weighted by Crippen LogP contribution is 2.31. The van der Waals surface area contributed by atoms with Crippen LogP contribution in [0.5, 0.6) is 11.5 Å². The quantitative estimate of drug-likeness (QED) is 0.541. The second kappa shape index (κ2) is 9.78. The van der Waals surface area contributed by atoms with Crippen LogP contribution in [0.2, 0.25) is 0 Å². The third kappa shape index (κ3) is 4.93. The second-order valence-corrected chi connectivity index (χ2v) is 8.17. The van der Waals surface area contributed by atoms with E-state index in [1.807, 2.05) is 48.5 Å². The van der Waals surface area contributed by atoms with Crippen molar-refractivity contribution < 1.29 is 19.1 Å². The van der Waals surface area contributed by atoms with Gasteiger partial charge in [-0.05, 0) is 23.8 Å². The molecule has 9 nitrogen and oxygen atoms in total. The molecule has 174 valence electrons. The number of rotatable bonds is 5. The summed E-state index contributed by atoms with van der Waals surface area (Å²) in [6, 6.07) is 17.3.